The van der Waals surface area contributed by atoms with Crippen LogP contribution in [0, 0.1) is 11.8 Å². The first-order chi connectivity index (χ1) is 13.9. The number of allylic oxidation sites excluding steroid dienone is 1. The number of ether oxygens (including phenoxy) is 3. The van der Waals surface area contributed by atoms with Crippen LogP contribution in [-0.2, 0) is 23.8 Å². The lowest BCUT2D eigenvalue weighted by Gasteiger charge is -2.36. The average molecular weight is 516 g/mol. The van der Waals surface area contributed by atoms with Gasteiger partial charge in [0.05, 0.1) is 30.8 Å². The Morgan fingerprint density at radius 2 is 1.62 bits per heavy atom. The van der Waals surface area contributed by atoms with Crippen molar-refractivity contribution >= 4 is 34.3 Å². The van der Waals surface area contributed by atoms with Gasteiger partial charge < -0.3 is 14.2 Å². The van der Waals surface area contributed by atoms with E-state index >= 15 is 0 Å². The van der Waals surface area contributed by atoms with E-state index in [1.807, 2.05) is 10.2 Å². The molecule has 0 spiro atoms. The Morgan fingerprint density at radius 1 is 0.931 bits per heavy atom. The third-order valence-electron chi connectivity index (χ3n) is 6.08. The Morgan fingerprint density at radius 3 is 2.38 bits per heavy atom. The molecule has 3 aliphatic heterocycles. The molecule has 29 heavy (non-hydrogen) atoms. The molecule has 6 heteroatoms. The van der Waals surface area contributed by atoms with E-state index in [9.17, 15) is 9.59 Å². The van der Waals surface area contributed by atoms with E-state index in [1.165, 1.54) is 0 Å². The van der Waals surface area contributed by atoms with E-state index < -0.39 is 6.10 Å². The molecule has 0 unspecified atom stereocenters. The highest BCUT2D eigenvalue weighted by Crippen LogP contribution is 2.31. The van der Waals surface area contributed by atoms with Gasteiger partial charge in [0.15, 0.2) is 0 Å². The molecule has 0 radical (unpaired) electrons. The van der Waals surface area contributed by atoms with Crippen molar-refractivity contribution in [2.24, 2.45) is 11.8 Å². The van der Waals surface area contributed by atoms with Gasteiger partial charge in [0, 0.05) is 25.2 Å². The molecule has 0 aromatic heterocycles. The summed E-state index contributed by atoms with van der Waals surface area (Å²) < 4.78 is 20.1. The van der Waals surface area contributed by atoms with Crippen LogP contribution in [0.15, 0.2) is 22.3 Å². The molecule has 3 heterocycles. The van der Waals surface area contributed by atoms with Crippen LogP contribution >= 0.6 is 22.6 Å². The molecule has 0 aliphatic carbocycles. The van der Waals surface area contributed by atoms with Gasteiger partial charge in [-0.3, -0.25) is 9.59 Å². The summed E-state index contributed by atoms with van der Waals surface area (Å²) in [6.45, 7) is 4.27. The van der Waals surface area contributed by atoms with Gasteiger partial charge in [-0.2, -0.15) is 0 Å². The molecule has 0 saturated carbocycles. The van der Waals surface area contributed by atoms with E-state index in [4.69, 9.17) is 14.2 Å². The molecule has 0 aromatic carbocycles. The second kappa shape index (κ2) is 11.0. The fraction of sp³-hybridized carbons (Fsp3) is 0.739. The number of Topliss-reactive ketones (excluding diaryl/α,β-unsaturated/α-hetero) is 1. The average Bonchev–Trinajstić information content (AvgIpc) is 2.65. The molecule has 7 atom stereocenters. The minimum atomic E-state index is -0.392. The topological polar surface area (TPSA) is 61.8 Å². The van der Waals surface area contributed by atoms with Crippen molar-refractivity contribution in [2.45, 2.75) is 95.7 Å². The number of carbonyl (C=O) groups excluding carboxylic acids is 2. The van der Waals surface area contributed by atoms with Crippen molar-refractivity contribution in [1.29, 1.82) is 0 Å². The zero-order valence-electron chi connectivity index (χ0n) is 17.4. The standard InChI is InChI=1S/C23H33IO5/c1-15-6-7-16(2)22(8-9-24)29-23(26)14-21-12-17(25)11-20(28-21)13-19-5-3-4-18(10-15)27-19/h6-9,15-16,18-22H,3-5,10-14H2,1-2H3/b7-6+,9-8+/t15-,16-,18+,19-,20+,21-,22-/m0/s1. The maximum absolute atomic E-state index is 12.6. The molecule has 162 valence electrons. The van der Waals surface area contributed by atoms with Crippen molar-refractivity contribution in [3.05, 3.63) is 22.3 Å². The first-order valence-corrected chi connectivity index (χ1v) is 12.1. The van der Waals surface area contributed by atoms with E-state index in [2.05, 4.69) is 48.6 Å². The van der Waals surface area contributed by atoms with Crippen LogP contribution in [0.3, 0.4) is 0 Å². The molecule has 0 N–H and O–H groups in total. The molecule has 3 aliphatic rings. The lowest BCUT2D eigenvalue weighted by Crippen LogP contribution is -2.39. The van der Waals surface area contributed by atoms with Crippen molar-refractivity contribution in [1.82, 2.24) is 0 Å². The van der Waals surface area contributed by atoms with E-state index in [1.54, 1.807) is 0 Å². The zero-order chi connectivity index (χ0) is 20.8. The van der Waals surface area contributed by atoms with Crippen molar-refractivity contribution < 1.29 is 23.8 Å². The molecule has 5 nitrogen and oxygen atoms in total. The Hall–Kier alpha value is -0.730. The van der Waals surface area contributed by atoms with Crippen LogP contribution in [0.2, 0.25) is 0 Å². The monoisotopic (exact) mass is 516 g/mol. The minimum absolute atomic E-state index is 0.0713. The van der Waals surface area contributed by atoms with Crippen molar-refractivity contribution in [3.63, 3.8) is 0 Å². The number of hydrogen-bond donors (Lipinski definition) is 0. The Bertz CT molecular complexity index is 631. The van der Waals surface area contributed by atoms with Gasteiger partial charge in [-0.05, 0) is 41.8 Å². The van der Waals surface area contributed by atoms with Gasteiger partial charge in [0.25, 0.3) is 0 Å². The number of ketones is 1. The maximum Gasteiger partial charge on any atom is 0.309 e. The number of rotatable bonds is 1. The first kappa shape index (κ1) is 22.9. The predicted octanol–water partition coefficient (Wildman–Crippen LogP) is 4.91. The Balaban J connectivity index is 1.78. The van der Waals surface area contributed by atoms with E-state index in [-0.39, 0.29) is 48.5 Å². The van der Waals surface area contributed by atoms with Crippen LogP contribution in [-0.4, -0.2) is 42.3 Å². The summed E-state index contributed by atoms with van der Waals surface area (Å²) in [5.41, 5.74) is 0. The van der Waals surface area contributed by atoms with Gasteiger partial charge in [-0.1, -0.05) is 48.6 Å². The predicted molar refractivity (Wildman–Crippen MR) is 120 cm³/mol. The minimum Gasteiger partial charge on any atom is -0.457 e. The first-order valence-electron chi connectivity index (χ1n) is 10.9. The largest absolute Gasteiger partial charge is 0.457 e. The van der Waals surface area contributed by atoms with Gasteiger partial charge in [0.1, 0.15) is 11.9 Å². The number of esters is 1. The molecule has 2 fully saturated rings. The van der Waals surface area contributed by atoms with Gasteiger partial charge in [0.2, 0.25) is 0 Å². The summed E-state index contributed by atoms with van der Waals surface area (Å²) in [5, 5.41) is 0. The van der Waals surface area contributed by atoms with Crippen molar-refractivity contribution in [2.75, 3.05) is 0 Å². The second-order valence-electron chi connectivity index (χ2n) is 8.81. The van der Waals surface area contributed by atoms with Crippen LogP contribution in [0.5, 0.6) is 0 Å². The van der Waals surface area contributed by atoms with Crippen LogP contribution in [0.1, 0.15) is 65.2 Å². The zero-order valence-corrected chi connectivity index (χ0v) is 19.6. The molecular formula is C23H33IO5. The molecule has 0 aromatic rings. The molecule has 4 bridgehead atoms. The number of cyclic esters (lactones) is 1. The quantitative estimate of drug-likeness (QED) is 0.282. The van der Waals surface area contributed by atoms with Crippen LogP contribution < -0.4 is 0 Å². The number of fused-ring (bicyclic) bond motifs is 4. The second-order valence-corrected chi connectivity index (χ2v) is 9.53. The highest BCUT2D eigenvalue weighted by atomic mass is 127. The van der Waals surface area contributed by atoms with E-state index in [0.29, 0.717) is 18.8 Å². The Labute approximate surface area is 187 Å². The smallest absolute Gasteiger partial charge is 0.309 e. The summed E-state index contributed by atoms with van der Waals surface area (Å²) in [5.74, 6) is 0.325. The van der Waals surface area contributed by atoms with Crippen LogP contribution in [0.4, 0.5) is 0 Å². The summed E-state index contributed by atoms with van der Waals surface area (Å²) in [7, 11) is 0. The number of carbonyl (C=O) groups is 2. The SMILES string of the molecule is C[C@H]1/C=C/[C@H](C)[C@H](/C=C/I)OC(=O)C[C@@H]2CC(=O)C[C@H](C[C@@H]3CCC[C@H](C1)O3)O2. The van der Waals surface area contributed by atoms with Gasteiger partial charge in [-0.15, -0.1) is 0 Å². The normalized spacial score (nSPS) is 41.1. The highest BCUT2D eigenvalue weighted by Gasteiger charge is 2.34. The molecule has 0 amide bonds. The summed E-state index contributed by atoms with van der Waals surface area (Å²) >= 11 is 2.15. The van der Waals surface area contributed by atoms with Gasteiger partial charge >= 0.3 is 5.97 Å². The summed E-state index contributed by atoms with van der Waals surface area (Å²) in [6.07, 6.45) is 11.6. The Kier molecular flexibility index (Phi) is 8.74. The lowest BCUT2D eigenvalue weighted by atomic mass is 9.91. The third-order valence-corrected chi connectivity index (χ3v) is 6.49. The number of halogens is 1. The summed E-state index contributed by atoms with van der Waals surface area (Å²) in [6, 6.07) is 0. The third kappa shape index (κ3) is 7.17. The number of hydrogen-bond acceptors (Lipinski definition) is 5. The molecule has 3 rings (SSSR count). The van der Waals surface area contributed by atoms with Crippen LogP contribution in [0.25, 0.3) is 0 Å². The molecule has 2 saturated heterocycles. The molecular weight excluding hydrogens is 483 g/mol. The maximum atomic E-state index is 12.6. The lowest BCUT2D eigenvalue weighted by molar-refractivity contribution is -0.158. The van der Waals surface area contributed by atoms with Gasteiger partial charge in [-0.25, -0.2) is 0 Å². The fourth-order valence-corrected chi connectivity index (χ4v) is 5.00. The fourth-order valence-electron chi connectivity index (χ4n) is 4.59. The van der Waals surface area contributed by atoms with Crippen molar-refractivity contribution in [3.8, 4) is 0 Å². The highest BCUT2D eigenvalue weighted by molar-refractivity contribution is 14.1. The summed E-state index contributed by atoms with van der Waals surface area (Å²) in [4.78, 5) is 24.8. The van der Waals surface area contributed by atoms with E-state index in [0.717, 1.165) is 32.1 Å².